The van der Waals surface area contributed by atoms with Crippen molar-refractivity contribution in [2.75, 3.05) is 5.32 Å². The second kappa shape index (κ2) is 4.67. The molecule has 0 spiro atoms. The molecule has 0 aromatic carbocycles. The topological polar surface area (TPSA) is 50.7 Å². The average Bonchev–Trinajstić information content (AvgIpc) is 2.74. The monoisotopic (exact) mass is 284 g/mol. The van der Waals surface area contributed by atoms with E-state index in [9.17, 15) is 0 Å². The maximum absolute atomic E-state index is 4.23. The predicted octanol–water partition coefficient (Wildman–Crippen LogP) is 2.87. The molecule has 0 saturated heterocycles. The Morgan fingerprint density at radius 2 is 2.20 bits per heavy atom. The maximum atomic E-state index is 4.23. The third-order valence-corrected chi connectivity index (χ3v) is 3.17. The number of aromatic nitrogens is 3. The van der Waals surface area contributed by atoms with E-state index in [-0.39, 0.29) is 6.04 Å². The highest BCUT2D eigenvalue weighted by atomic mass is 79.9. The fourth-order valence-electron chi connectivity index (χ4n) is 1.12. The van der Waals surface area contributed by atoms with Crippen molar-refractivity contribution in [3.05, 3.63) is 33.6 Å². The number of anilines is 1. The van der Waals surface area contributed by atoms with Crippen molar-refractivity contribution >= 4 is 33.1 Å². The number of rotatable bonds is 3. The van der Waals surface area contributed by atoms with Crippen LogP contribution in [0.2, 0.25) is 0 Å². The molecule has 6 heteroatoms. The van der Waals surface area contributed by atoms with Gasteiger partial charge >= 0.3 is 0 Å². The molecule has 1 atom stereocenters. The zero-order valence-electron chi connectivity index (χ0n) is 8.01. The van der Waals surface area contributed by atoms with Gasteiger partial charge in [0.15, 0.2) is 0 Å². The first kappa shape index (κ1) is 10.5. The number of hydrogen-bond acceptors (Lipinski definition) is 5. The molecule has 2 rings (SSSR count). The third kappa shape index (κ3) is 2.73. The van der Waals surface area contributed by atoms with Crippen molar-refractivity contribution in [3.63, 3.8) is 0 Å². The van der Waals surface area contributed by atoms with Crippen molar-refractivity contribution < 1.29 is 0 Å². The molecule has 0 bridgehead atoms. The quantitative estimate of drug-likeness (QED) is 0.942. The zero-order valence-corrected chi connectivity index (χ0v) is 10.4. The number of thiazole rings is 1. The SMILES string of the molecule is CC(Nc1cnc(Br)cn1)c1nccs1. The summed E-state index contributed by atoms with van der Waals surface area (Å²) in [5.74, 6) is 0.751. The van der Waals surface area contributed by atoms with Crippen LogP contribution in [0.5, 0.6) is 0 Å². The van der Waals surface area contributed by atoms with Gasteiger partial charge in [-0.15, -0.1) is 11.3 Å². The molecule has 2 aromatic rings. The van der Waals surface area contributed by atoms with E-state index >= 15 is 0 Å². The molecule has 0 aliphatic rings. The lowest BCUT2D eigenvalue weighted by molar-refractivity contribution is 0.857. The standard InChI is InChI=1S/C9H9BrN4S/c1-6(9-11-2-3-15-9)14-8-5-12-7(10)4-13-8/h2-6H,1H3,(H,13,14). The Bertz CT molecular complexity index is 414. The maximum Gasteiger partial charge on any atom is 0.145 e. The fraction of sp³-hybridized carbons (Fsp3) is 0.222. The molecular formula is C9H9BrN4S. The Kier molecular flexibility index (Phi) is 3.27. The second-order valence-electron chi connectivity index (χ2n) is 2.96. The van der Waals surface area contributed by atoms with Crippen LogP contribution in [0.4, 0.5) is 5.82 Å². The van der Waals surface area contributed by atoms with Crippen LogP contribution in [0.25, 0.3) is 0 Å². The van der Waals surface area contributed by atoms with Gasteiger partial charge in [0.2, 0.25) is 0 Å². The molecule has 1 N–H and O–H groups in total. The predicted molar refractivity (Wildman–Crippen MR) is 63.9 cm³/mol. The molecule has 0 radical (unpaired) electrons. The van der Waals surface area contributed by atoms with Gasteiger partial charge in [-0.25, -0.2) is 15.0 Å². The van der Waals surface area contributed by atoms with E-state index in [0.29, 0.717) is 0 Å². The summed E-state index contributed by atoms with van der Waals surface area (Å²) in [6, 6.07) is 0.153. The first-order valence-electron chi connectivity index (χ1n) is 4.39. The number of halogens is 1. The first-order valence-corrected chi connectivity index (χ1v) is 6.06. The van der Waals surface area contributed by atoms with Crippen LogP contribution in [0.1, 0.15) is 18.0 Å². The van der Waals surface area contributed by atoms with Crippen molar-refractivity contribution in [2.24, 2.45) is 0 Å². The van der Waals surface area contributed by atoms with Gasteiger partial charge < -0.3 is 5.32 Å². The molecule has 15 heavy (non-hydrogen) atoms. The fourth-order valence-corrected chi connectivity index (χ4v) is 1.97. The second-order valence-corrected chi connectivity index (χ2v) is 4.70. The minimum atomic E-state index is 0.153. The van der Waals surface area contributed by atoms with Gasteiger partial charge in [-0.05, 0) is 22.9 Å². The summed E-state index contributed by atoms with van der Waals surface area (Å²) in [5, 5.41) is 6.23. The molecular weight excluding hydrogens is 276 g/mol. The minimum absolute atomic E-state index is 0.153. The van der Waals surface area contributed by atoms with Crippen LogP contribution < -0.4 is 5.32 Å². The highest BCUT2D eigenvalue weighted by Gasteiger charge is 2.08. The third-order valence-electron chi connectivity index (χ3n) is 1.81. The van der Waals surface area contributed by atoms with Gasteiger partial charge in [0.05, 0.1) is 18.4 Å². The first-order chi connectivity index (χ1) is 7.25. The van der Waals surface area contributed by atoms with Gasteiger partial charge in [0, 0.05) is 11.6 Å². The Labute approximate surface area is 99.9 Å². The van der Waals surface area contributed by atoms with Crippen LogP contribution in [-0.4, -0.2) is 15.0 Å². The Balaban J connectivity index is 2.06. The Morgan fingerprint density at radius 3 is 2.80 bits per heavy atom. The minimum Gasteiger partial charge on any atom is -0.360 e. The van der Waals surface area contributed by atoms with E-state index in [1.165, 1.54) is 0 Å². The number of nitrogens with zero attached hydrogens (tertiary/aromatic N) is 3. The lowest BCUT2D eigenvalue weighted by atomic mass is 10.3. The normalized spacial score (nSPS) is 12.4. The summed E-state index contributed by atoms with van der Waals surface area (Å²) in [6.45, 7) is 2.04. The largest absolute Gasteiger partial charge is 0.360 e. The van der Waals surface area contributed by atoms with Crippen molar-refractivity contribution in [2.45, 2.75) is 13.0 Å². The Hall–Kier alpha value is -1.01. The molecule has 0 fully saturated rings. The van der Waals surface area contributed by atoms with Gasteiger partial charge in [-0.3, -0.25) is 0 Å². The van der Waals surface area contributed by atoms with Gasteiger partial charge in [0.25, 0.3) is 0 Å². The Morgan fingerprint density at radius 1 is 1.33 bits per heavy atom. The van der Waals surface area contributed by atoms with Gasteiger partial charge in [-0.1, -0.05) is 0 Å². The molecule has 2 heterocycles. The molecule has 0 aliphatic heterocycles. The van der Waals surface area contributed by atoms with Crippen LogP contribution in [0.15, 0.2) is 28.6 Å². The number of hydrogen-bond donors (Lipinski definition) is 1. The van der Waals surface area contributed by atoms with E-state index in [2.05, 4.69) is 36.2 Å². The number of nitrogens with one attached hydrogen (secondary N) is 1. The van der Waals surface area contributed by atoms with Gasteiger partial charge in [0.1, 0.15) is 15.4 Å². The highest BCUT2D eigenvalue weighted by Crippen LogP contribution is 2.19. The summed E-state index contributed by atoms with van der Waals surface area (Å²) in [5.41, 5.74) is 0. The van der Waals surface area contributed by atoms with Crippen LogP contribution in [0.3, 0.4) is 0 Å². The lowest BCUT2D eigenvalue weighted by Gasteiger charge is -2.10. The van der Waals surface area contributed by atoms with Gasteiger partial charge in [-0.2, -0.15) is 0 Å². The summed E-state index contributed by atoms with van der Waals surface area (Å²) < 4.78 is 0.731. The average molecular weight is 285 g/mol. The molecule has 0 amide bonds. The summed E-state index contributed by atoms with van der Waals surface area (Å²) in [6.07, 6.45) is 5.15. The molecule has 0 aliphatic carbocycles. The molecule has 2 aromatic heterocycles. The van der Waals surface area contributed by atoms with Crippen molar-refractivity contribution in [3.8, 4) is 0 Å². The molecule has 4 nitrogen and oxygen atoms in total. The summed E-state index contributed by atoms with van der Waals surface area (Å²) >= 11 is 4.86. The summed E-state index contributed by atoms with van der Waals surface area (Å²) in [4.78, 5) is 12.5. The molecule has 1 unspecified atom stereocenters. The van der Waals surface area contributed by atoms with E-state index < -0.39 is 0 Å². The van der Waals surface area contributed by atoms with E-state index in [1.807, 2.05) is 12.3 Å². The molecule has 0 saturated carbocycles. The zero-order chi connectivity index (χ0) is 10.7. The summed E-state index contributed by atoms with van der Waals surface area (Å²) in [7, 11) is 0. The van der Waals surface area contributed by atoms with E-state index in [0.717, 1.165) is 15.4 Å². The lowest BCUT2D eigenvalue weighted by Crippen LogP contribution is -2.07. The van der Waals surface area contributed by atoms with Crippen LogP contribution in [-0.2, 0) is 0 Å². The highest BCUT2D eigenvalue weighted by molar-refractivity contribution is 9.10. The van der Waals surface area contributed by atoms with Crippen molar-refractivity contribution in [1.82, 2.24) is 15.0 Å². The smallest absolute Gasteiger partial charge is 0.145 e. The molecule has 78 valence electrons. The van der Waals surface area contributed by atoms with Crippen LogP contribution >= 0.6 is 27.3 Å². The van der Waals surface area contributed by atoms with E-state index in [1.54, 1.807) is 29.9 Å². The van der Waals surface area contributed by atoms with Crippen molar-refractivity contribution in [1.29, 1.82) is 0 Å². The van der Waals surface area contributed by atoms with E-state index in [4.69, 9.17) is 0 Å². The van der Waals surface area contributed by atoms with Crippen LogP contribution in [0, 0.1) is 0 Å².